The molecule has 0 unspecified atom stereocenters. The lowest BCUT2D eigenvalue weighted by Gasteiger charge is -2.39. The van der Waals surface area contributed by atoms with Crippen LogP contribution < -0.4 is 10.6 Å². The molecular formula is C34H46F3N5O6Si. The van der Waals surface area contributed by atoms with E-state index in [0.29, 0.717) is 10.6 Å². The minimum Gasteiger partial charge on any atom is -0.442 e. The van der Waals surface area contributed by atoms with Crippen LogP contribution in [0.5, 0.6) is 0 Å². The van der Waals surface area contributed by atoms with Crippen molar-refractivity contribution in [1.82, 2.24) is 15.7 Å². The molecule has 2 aromatic carbocycles. The maximum Gasteiger partial charge on any atom is 0.442 e. The SMILES string of the molecule is CNC(=O)[C@H](Cc1ccccc1)NC(=O)[C@@H](CC(=O)N(O[Si](C)(C)C(C)(C)C)C(=O)OC(C)(C)C)Cc1ccc(C2(C(F)(F)F)N=N2)cc1. The highest BCUT2D eigenvalue weighted by Crippen LogP contribution is 2.52. The number of ether oxygens (including phenoxy) is 1. The zero-order valence-corrected chi connectivity index (χ0v) is 30.4. The maximum atomic E-state index is 14.0. The van der Waals surface area contributed by atoms with Crippen LogP contribution in [0.2, 0.25) is 18.1 Å². The number of likely N-dealkylation sites (N-methyl/N-ethyl adjacent to an activating group) is 1. The Hall–Kier alpha value is -4.11. The van der Waals surface area contributed by atoms with Gasteiger partial charge >= 0.3 is 17.9 Å². The monoisotopic (exact) mass is 705 g/mol. The predicted octanol–water partition coefficient (Wildman–Crippen LogP) is 6.59. The van der Waals surface area contributed by atoms with Gasteiger partial charge in [0.1, 0.15) is 11.6 Å². The molecule has 11 nitrogen and oxygen atoms in total. The van der Waals surface area contributed by atoms with Crippen LogP contribution >= 0.6 is 0 Å². The first-order valence-electron chi connectivity index (χ1n) is 15.9. The van der Waals surface area contributed by atoms with E-state index in [2.05, 4.69) is 20.9 Å². The molecule has 0 radical (unpaired) electrons. The number of hydrogen-bond donors (Lipinski definition) is 2. The summed E-state index contributed by atoms with van der Waals surface area (Å²) in [6, 6.07) is 13.2. The van der Waals surface area contributed by atoms with Crippen LogP contribution in [0.3, 0.4) is 0 Å². The molecule has 0 saturated heterocycles. The van der Waals surface area contributed by atoms with Crippen molar-refractivity contribution in [3.63, 3.8) is 0 Å². The van der Waals surface area contributed by atoms with Crippen LogP contribution in [-0.2, 0) is 42.2 Å². The van der Waals surface area contributed by atoms with Gasteiger partial charge in [0.05, 0.1) is 5.92 Å². The molecule has 4 amide bonds. The Kier molecular flexibility index (Phi) is 11.9. The maximum absolute atomic E-state index is 14.0. The third-order valence-electron chi connectivity index (χ3n) is 8.40. The molecule has 1 heterocycles. The van der Waals surface area contributed by atoms with Crippen LogP contribution in [0.4, 0.5) is 18.0 Å². The van der Waals surface area contributed by atoms with E-state index in [4.69, 9.17) is 9.26 Å². The summed E-state index contributed by atoms with van der Waals surface area (Å²) in [5, 5.41) is 11.9. The van der Waals surface area contributed by atoms with Gasteiger partial charge in [-0.05, 0) is 56.5 Å². The minimum absolute atomic E-state index is 0.126. The van der Waals surface area contributed by atoms with E-state index >= 15 is 0 Å². The predicted molar refractivity (Wildman–Crippen MR) is 178 cm³/mol. The van der Waals surface area contributed by atoms with Crippen molar-refractivity contribution in [1.29, 1.82) is 0 Å². The summed E-state index contributed by atoms with van der Waals surface area (Å²) in [5.74, 6) is -3.20. The Balaban J connectivity index is 1.97. The smallest absolute Gasteiger partial charge is 0.442 e. The zero-order chi connectivity index (χ0) is 37.0. The second kappa shape index (κ2) is 14.8. The molecular weight excluding hydrogens is 659 g/mol. The van der Waals surface area contributed by atoms with Gasteiger partial charge < -0.3 is 19.9 Å². The van der Waals surface area contributed by atoms with E-state index < -0.39 is 73.0 Å². The normalized spacial score (nSPS) is 15.5. The van der Waals surface area contributed by atoms with Gasteiger partial charge in [0.15, 0.2) is 0 Å². The number of alkyl halides is 3. The highest BCUT2D eigenvalue weighted by molar-refractivity contribution is 6.74. The average molecular weight is 706 g/mol. The van der Waals surface area contributed by atoms with Gasteiger partial charge in [-0.25, -0.2) is 4.79 Å². The van der Waals surface area contributed by atoms with Gasteiger partial charge in [0.2, 0.25) is 20.1 Å². The zero-order valence-electron chi connectivity index (χ0n) is 29.4. The molecule has 268 valence electrons. The molecule has 0 aromatic heterocycles. The first-order valence-corrected chi connectivity index (χ1v) is 18.8. The lowest BCUT2D eigenvalue weighted by molar-refractivity contribution is -0.166. The number of halogens is 3. The summed E-state index contributed by atoms with van der Waals surface area (Å²) in [6.07, 6.45) is -6.30. The number of hydroxylamine groups is 2. The summed E-state index contributed by atoms with van der Waals surface area (Å²) >= 11 is 0. The molecule has 1 aliphatic rings. The fourth-order valence-electron chi connectivity index (χ4n) is 4.53. The molecule has 0 aliphatic carbocycles. The number of hydrogen-bond acceptors (Lipinski definition) is 8. The number of nitrogens with zero attached hydrogens (tertiary/aromatic N) is 3. The van der Waals surface area contributed by atoms with Crippen molar-refractivity contribution >= 4 is 32.1 Å². The molecule has 1 aliphatic heterocycles. The second-order valence-electron chi connectivity index (χ2n) is 14.6. The van der Waals surface area contributed by atoms with E-state index in [1.54, 1.807) is 45.0 Å². The van der Waals surface area contributed by atoms with Gasteiger partial charge in [-0.1, -0.05) is 75.4 Å². The van der Waals surface area contributed by atoms with E-state index in [9.17, 15) is 32.3 Å². The number of amides is 4. The summed E-state index contributed by atoms with van der Waals surface area (Å²) in [5.41, 5.74) is -2.60. The number of rotatable bonds is 12. The van der Waals surface area contributed by atoms with Crippen LogP contribution in [0.1, 0.15) is 64.7 Å². The molecule has 2 aromatic rings. The Morgan fingerprint density at radius 2 is 1.41 bits per heavy atom. The second-order valence-corrected chi connectivity index (χ2v) is 19.3. The van der Waals surface area contributed by atoms with Crippen LogP contribution in [0.15, 0.2) is 64.8 Å². The van der Waals surface area contributed by atoms with E-state index in [0.717, 1.165) is 5.56 Å². The van der Waals surface area contributed by atoms with Crippen molar-refractivity contribution in [3.05, 3.63) is 71.3 Å². The van der Waals surface area contributed by atoms with Crippen molar-refractivity contribution in [2.75, 3.05) is 7.05 Å². The third-order valence-corrected chi connectivity index (χ3v) is 12.7. The highest BCUT2D eigenvalue weighted by Gasteiger charge is 2.65. The molecule has 0 saturated carbocycles. The van der Waals surface area contributed by atoms with E-state index in [1.165, 1.54) is 31.3 Å². The van der Waals surface area contributed by atoms with Gasteiger partial charge in [0.25, 0.3) is 5.91 Å². The van der Waals surface area contributed by atoms with Gasteiger partial charge in [-0.3, -0.25) is 14.4 Å². The van der Waals surface area contributed by atoms with Gasteiger partial charge in [0, 0.05) is 25.5 Å². The van der Waals surface area contributed by atoms with Crippen LogP contribution in [0.25, 0.3) is 0 Å². The van der Waals surface area contributed by atoms with Crippen LogP contribution in [-0.4, -0.2) is 62.1 Å². The Labute approximate surface area is 286 Å². The summed E-state index contributed by atoms with van der Waals surface area (Å²) < 4.78 is 52.4. The van der Waals surface area contributed by atoms with Gasteiger partial charge in [-0.15, -0.1) is 15.3 Å². The molecule has 3 rings (SSSR count). The van der Waals surface area contributed by atoms with Crippen molar-refractivity contribution in [3.8, 4) is 0 Å². The fourth-order valence-corrected chi connectivity index (χ4v) is 5.44. The minimum atomic E-state index is -4.72. The largest absolute Gasteiger partial charge is 0.442 e. The molecule has 49 heavy (non-hydrogen) atoms. The first kappa shape index (κ1) is 39.3. The van der Waals surface area contributed by atoms with Gasteiger partial charge in [-0.2, -0.15) is 13.2 Å². The quantitative estimate of drug-likeness (QED) is 0.189. The molecule has 0 fully saturated rings. The lowest BCUT2D eigenvalue weighted by atomic mass is 9.92. The van der Waals surface area contributed by atoms with Crippen molar-refractivity contribution < 1.29 is 41.6 Å². The fraction of sp³-hybridized carbons (Fsp3) is 0.529. The highest BCUT2D eigenvalue weighted by atomic mass is 28.4. The summed E-state index contributed by atoms with van der Waals surface area (Å²) in [7, 11) is -1.37. The molecule has 2 N–H and O–H groups in total. The molecule has 15 heteroatoms. The average Bonchev–Trinajstić information content (AvgIpc) is 3.81. The van der Waals surface area contributed by atoms with Crippen molar-refractivity contribution in [2.45, 2.75) is 102 Å². The summed E-state index contributed by atoms with van der Waals surface area (Å²) in [4.78, 5) is 54.1. The van der Waals surface area contributed by atoms with E-state index in [1.807, 2.05) is 39.9 Å². The number of carbonyl (C=O) groups excluding carboxylic acids is 4. The Bertz CT molecular complexity index is 1530. The number of benzene rings is 2. The van der Waals surface area contributed by atoms with E-state index in [-0.39, 0.29) is 18.4 Å². The van der Waals surface area contributed by atoms with Crippen LogP contribution in [0, 0.1) is 5.92 Å². The Morgan fingerprint density at radius 3 is 1.88 bits per heavy atom. The standard InChI is InChI=1S/C34H46F3N5O6Si/c1-31(2,3)47-30(46)42(48-49(8,9)32(4,5)6)27(43)21-24(19-23-15-17-25(18-16-23)33(40-41-33)34(35,36)37)28(44)39-26(29(45)38-7)20-22-13-11-10-12-14-22/h10-18,24,26H,19-21H2,1-9H3,(H,38,45)(H,39,44)/t24-,26+/m1/s1. The molecule has 2 atom stereocenters. The molecule has 0 spiro atoms. The summed E-state index contributed by atoms with van der Waals surface area (Å²) in [6.45, 7) is 14.4. The number of nitrogens with one attached hydrogen (secondary N) is 2. The molecule has 0 bridgehead atoms. The topological polar surface area (TPSA) is 139 Å². The van der Waals surface area contributed by atoms with Crippen molar-refractivity contribution in [2.24, 2.45) is 16.1 Å². The number of imide groups is 1. The number of carbonyl (C=O) groups is 4. The first-order chi connectivity index (χ1) is 22.5. The Morgan fingerprint density at radius 1 is 0.857 bits per heavy atom. The lowest BCUT2D eigenvalue weighted by Crippen LogP contribution is -2.53. The third kappa shape index (κ3) is 10.2.